The number of aromatic nitrogens is 2. The number of rotatable bonds is 2. The second-order valence-electron chi connectivity index (χ2n) is 6.89. The van der Waals surface area contributed by atoms with Crippen LogP contribution in [-0.4, -0.2) is 21.8 Å². The van der Waals surface area contributed by atoms with Gasteiger partial charge in [-0.25, -0.2) is 0 Å². The molecule has 29 heavy (non-hydrogen) atoms. The molecule has 0 spiro atoms. The summed E-state index contributed by atoms with van der Waals surface area (Å²) in [7, 11) is 0. The molecule has 4 rings (SSSR count). The monoisotopic (exact) mass is 582 g/mol. The van der Waals surface area contributed by atoms with Gasteiger partial charge in [0.25, 0.3) is 5.91 Å². The van der Waals surface area contributed by atoms with E-state index in [1.54, 1.807) is 6.92 Å². The number of benzene rings is 1. The number of fused-ring (bicyclic) bond motifs is 2. The number of anilines is 1. The van der Waals surface area contributed by atoms with E-state index >= 15 is 0 Å². The number of pyridine rings is 1. The van der Waals surface area contributed by atoms with Crippen LogP contribution >= 0.6 is 11.5 Å². The van der Waals surface area contributed by atoms with E-state index in [1.807, 2.05) is 32.0 Å². The number of hydrogen-bond donors (Lipinski definition) is 2. The maximum Gasteiger partial charge on any atom is 2.00 e. The minimum absolute atomic E-state index is 0. The van der Waals surface area contributed by atoms with Gasteiger partial charge in [0, 0.05) is 11.9 Å². The van der Waals surface area contributed by atoms with Crippen molar-refractivity contribution in [2.24, 2.45) is 0 Å². The zero-order valence-electron chi connectivity index (χ0n) is 17.5. The molecule has 0 fully saturated rings. The molecule has 3 aromatic rings. The first-order valence-electron chi connectivity index (χ1n) is 8.98. The van der Waals surface area contributed by atoms with Gasteiger partial charge >= 0.3 is 21.1 Å². The van der Waals surface area contributed by atoms with Crippen LogP contribution < -0.4 is 10.7 Å². The topological polar surface area (TPSA) is 88.9 Å². The number of H-pyrrole nitrogens is 1. The number of carbonyl (C=O) groups excluding carboxylic acids is 1. The van der Waals surface area contributed by atoms with Crippen LogP contribution in [0.3, 0.4) is 0 Å². The SMILES string of the molecule is CC.Cc1nsc2[nH]cc(C(=O)Nc3ccc4c(c3)[N-]CC4(C)C)c(=O)c12.[CH3-].[W+2]. The van der Waals surface area contributed by atoms with Crippen LogP contribution in [0.4, 0.5) is 11.4 Å². The van der Waals surface area contributed by atoms with Crippen LogP contribution in [-0.2, 0) is 26.5 Å². The Hall–Kier alpha value is -1.98. The number of nitrogens with zero attached hydrogens (tertiary/aromatic N) is 2. The van der Waals surface area contributed by atoms with E-state index in [0.717, 1.165) is 12.2 Å². The first kappa shape index (κ1) is 25.1. The van der Waals surface area contributed by atoms with Gasteiger partial charge in [0.2, 0.25) is 5.43 Å². The summed E-state index contributed by atoms with van der Waals surface area (Å²) in [5, 5.41) is 7.80. The summed E-state index contributed by atoms with van der Waals surface area (Å²) in [6.07, 6.45) is 1.44. The minimum atomic E-state index is -0.439. The predicted octanol–water partition coefficient (Wildman–Crippen LogP) is 5.32. The van der Waals surface area contributed by atoms with E-state index in [2.05, 4.69) is 33.8 Å². The maximum absolute atomic E-state index is 12.6. The summed E-state index contributed by atoms with van der Waals surface area (Å²) >= 11 is 1.22. The Bertz CT molecular complexity index is 1070. The fourth-order valence-electron chi connectivity index (χ4n) is 3.12. The van der Waals surface area contributed by atoms with E-state index in [1.165, 1.54) is 23.3 Å². The van der Waals surface area contributed by atoms with Crippen LogP contribution in [0.15, 0.2) is 29.2 Å². The van der Waals surface area contributed by atoms with Crippen LogP contribution in [0.1, 0.15) is 49.3 Å². The van der Waals surface area contributed by atoms with Gasteiger partial charge in [-0.1, -0.05) is 45.4 Å². The molecule has 1 aliphatic heterocycles. The summed E-state index contributed by atoms with van der Waals surface area (Å²) in [4.78, 5) is 28.8. The number of aromatic amines is 1. The van der Waals surface area contributed by atoms with Crippen molar-refractivity contribution in [3.8, 4) is 0 Å². The standard InChI is InChI=1S/C18H17N4O2S.C2H6.CH3.W/c1-9-14-15(23)11(7-19-17(14)25-22-9)16(24)21-10-4-5-12-13(6-10)20-8-18(12,2)3;1-2;;/h4-7H,8H2,1-3H3,(H2,19,21,22,23,24);1-2H3;1H3;/q-1;;-1;+2. The van der Waals surface area contributed by atoms with E-state index in [4.69, 9.17) is 0 Å². The fourth-order valence-corrected chi connectivity index (χ4v) is 3.88. The molecule has 0 radical (unpaired) electrons. The summed E-state index contributed by atoms with van der Waals surface area (Å²) < 4.78 is 4.16. The Kier molecular flexibility index (Phi) is 8.36. The third-order valence-electron chi connectivity index (χ3n) is 4.56. The molecule has 2 N–H and O–H groups in total. The summed E-state index contributed by atoms with van der Waals surface area (Å²) in [5.74, 6) is -0.439. The van der Waals surface area contributed by atoms with Crippen molar-refractivity contribution >= 4 is 39.0 Å². The number of amides is 1. The molecule has 1 amide bonds. The molecule has 0 saturated carbocycles. The fraction of sp³-hybridized carbons (Fsp3) is 0.333. The van der Waals surface area contributed by atoms with Gasteiger partial charge in [-0.15, -0.1) is 12.2 Å². The van der Waals surface area contributed by atoms with Crippen molar-refractivity contribution in [3.05, 3.63) is 64.2 Å². The molecule has 8 heteroatoms. The van der Waals surface area contributed by atoms with Crippen molar-refractivity contribution in [2.45, 2.75) is 40.0 Å². The normalized spacial score (nSPS) is 13.1. The van der Waals surface area contributed by atoms with Crippen LogP contribution in [0, 0.1) is 14.4 Å². The quantitative estimate of drug-likeness (QED) is 0.402. The smallest absolute Gasteiger partial charge is 0.683 e. The molecule has 3 heterocycles. The van der Waals surface area contributed by atoms with Gasteiger partial charge < -0.3 is 23.0 Å². The van der Waals surface area contributed by atoms with Crippen LogP contribution in [0.2, 0.25) is 0 Å². The molecular weight excluding hydrogens is 556 g/mol. The van der Waals surface area contributed by atoms with E-state index in [0.29, 0.717) is 21.6 Å². The molecule has 1 aromatic carbocycles. The van der Waals surface area contributed by atoms with Gasteiger partial charge in [0.15, 0.2) is 0 Å². The van der Waals surface area contributed by atoms with Crippen molar-refractivity contribution in [1.82, 2.24) is 9.36 Å². The number of aryl methyl sites for hydroxylation is 1. The number of hydrogen-bond acceptors (Lipinski definition) is 4. The van der Waals surface area contributed by atoms with Crippen LogP contribution in [0.5, 0.6) is 0 Å². The molecule has 0 saturated heterocycles. The minimum Gasteiger partial charge on any atom is -0.683 e. The third-order valence-corrected chi connectivity index (χ3v) is 5.43. The molecule has 6 nitrogen and oxygen atoms in total. The largest absolute Gasteiger partial charge is 2.00 e. The second kappa shape index (κ2) is 9.68. The molecule has 0 atom stereocenters. The zero-order valence-corrected chi connectivity index (χ0v) is 21.3. The molecule has 0 unspecified atom stereocenters. The van der Waals surface area contributed by atoms with Crippen molar-refractivity contribution in [2.75, 3.05) is 11.9 Å². The van der Waals surface area contributed by atoms with E-state index in [-0.39, 0.29) is 44.9 Å². The molecule has 1 aliphatic rings. The zero-order chi connectivity index (χ0) is 19.8. The second-order valence-corrected chi connectivity index (χ2v) is 7.66. The van der Waals surface area contributed by atoms with Gasteiger partial charge in [0.05, 0.1) is 11.1 Å². The maximum atomic E-state index is 12.6. The van der Waals surface area contributed by atoms with Gasteiger partial charge in [-0.3, -0.25) is 9.59 Å². The Morgan fingerprint density at radius 3 is 2.69 bits per heavy atom. The molecule has 0 aliphatic carbocycles. The van der Waals surface area contributed by atoms with Gasteiger partial charge in [0.1, 0.15) is 10.4 Å². The third kappa shape index (κ3) is 4.62. The average molecular weight is 582 g/mol. The van der Waals surface area contributed by atoms with Gasteiger partial charge in [-0.2, -0.15) is 4.37 Å². The first-order valence-corrected chi connectivity index (χ1v) is 9.75. The summed E-state index contributed by atoms with van der Waals surface area (Å²) in [5.41, 5.74) is 3.12. The predicted molar refractivity (Wildman–Crippen MR) is 118 cm³/mol. The molecule has 154 valence electrons. The molecule has 0 bridgehead atoms. The summed E-state index contributed by atoms with van der Waals surface area (Å²) in [6, 6.07) is 5.69. The Balaban J connectivity index is 0.00000102. The Morgan fingerprint density at radius 1 is 1.31 bits per heavy atom. The van der Waals surface area contributed by atoms with E-state index < -0.39 is 5.91 Å². The van der Waals surface area contributed by atoms with Crippen molar-refractivity contribution < 1.29 is 25.9 Å². The van der Waals surface area contributed by atoms with Crippen LogP contribution in [0.25, 0.3) is 15.5 Å². The number of nitrogens with one attached hydrogen (secondary N) is 2. The van der Waals surface area contributed by atoms with Crippen molar-refractivity contribution in [3.63, 3.8) is 0 Å². The first-order chi connectivity index (χ1) is 12.9. The number of carbonyl (C=O) groups is 1. The van der Waals surface area contributed by atoms with Crippen molar-refractivity contribution in [1.29, 1.82) is 0 Å². The Morgan fingerprint density at radius 2 is 2.00 bits per heavy atom. The van der Waals surface area contributed by atoms with Gasteiger partial charge in [-0.05, 0) is 29.9 Å². The molecular formula is C21H26N4O2SW. The molecule has 2 aromatic heterocycles. The summed E-state index contributed by atoms with van der Waals surface area (Å²) in [6.45, 7) is 10.8. The average Bonchev–Trinajstić information content (AvgIpc) is 3.17. The Labute approximate surface area is 189 Å². The van der Waals surface area contributed by atoms with E-state index in [9.17, 15) is 9.59 Å².